The van der Waals surface area contributed by atoms with Crippen LogP contribution >= 0.6 is 0 Å². The third-order valence-electron chi connectivity index (χ3n) is 9.68. The summed E-state index contributed by atoms with van der Waals surface area (Å²) in [6.45, 7) is 11.5. The number of carboxylic acid groups (broad SMARTS) is 2. The Morgan fingerprint density at radius 3 is 1.72 bits per heavy atom. The molecule has 3 aromatic carbocycles. The second-order valence-corrected chi connectivity index (χ2v) is 13.4. The molecule has 1 aromatic heterocycles. The summed E-state index contributed by atoms with van der Waals surface area (Å²) >= 11 is 0. The number of piperazine rings is 1. The monoisotopic (exact) mass is 762 g/mol. The minimum atomic E-state index is -5.08. The quantitative estimate of drug-likeness (QED) is 0.198. The van der Waals surface area contributed by atoms with Crippen LogP contribution in [0.4, 0.5) is 26.3 Å². The van der Waals surface area contributed by atoms with Crippen molar-refractivity contribution >= 4 is 28.7 Å². The number of likely N-dealkylation sites (N-methyl/N-ethyl adjacent to an activating group) is 1. The molecule has 2 aliphatic rings. The number of halogens is 6. The van der Waals surface area contributed by atoms with Crippen molar-refractivity contribution in [2.75, 3.05) is 46.3 Å². The SMILES string of the molecule is Cc1cccc(C)c1C1CCN(Cc2c(-c3ccccc3)n(CC(=O)N3CCN(C)CC3)c3ccccc23)CC1.O=C(O)C(F)(F)F.O=C(O)C(F)(F)F. The number of aliphatic carboxylic acids is 2. The molecule has 2 saturated heterocycles. The highest BCUT2D eigenvalue weighted by molar-refractivity contribution is 5.93. The van der Waals surface area contributed by atoms with E-state index in [4.69, 9.17) is 19.8 Å². The van der Waals surface area contributed by atoms with Gasteiger partial charge in [-0.1, -0.05) is 66.7 Å². The second kappa shape index (κ2) is 18.0. The molecule has 0 atom stereocenters. The molecule has 0 bridgehead atoms. The molecule has 292 valence electrons. The number of fused-ring (bicyclic) bond motifs is 1. The van der Waals surface area contributed by atoms with Crippen LogP contribution in [0.5, 0.6) is 0 Å². The zero-order valence-corrected chi connectivity index (χ0v) is 30.3. The summed E-state index contributed by atoms with van der Waals surface area (Å²) < 4.78 is 65.8. The predicted molar refractivity (Wildman–Crippen MR) is 192 cm³/mol. The molecule has 54 heavy (non-hydrogen) atoms. The first-order chi connectivity index (χ1) is 25.4. The summed E-state index contributed by atoms with van der Waals surface area (Å²) in [6.07, 6.45) is -7.79. The van der Waals surface area contributed by atoms with Crippen LogP contribution in [0.15, 0.2) is 72.8 Å². The van der Waals surface area contributed by atoms with Crippen LogP contribution < -0.4 is 0 Å². The molecule has 4 aromatic rings. The van der Waals surface area contributed by atoms with Crippen molar-refractivity contribution in [2.24, 2.45) is 0 Å². The number of hydrogen-bond donors (Lipinski definition) is 2. The van der Waals surface area contributed by atoms with Gasteiger partial charge in [-0.15, -0.1) is 0 Å². The Hall–Kier alpha value is -4.89. The number of aromatic nitrogens is 1. The van der Waals surface area contributed by atoms with Crippen molar-refractivity contribution in [3.05, 3.63) is 95.1 Å². The van der Waals surface area contributed by atoms with Gasteiger partial charge in [-0.05, 0) is 86.6 Å². The minimum absolute atomic E-state index is 0.215. The predicted octanol–water partition coefficient (Wildman–Crippen LogP) is 7.35. The summed E-state index contributed by atoms with van der Waals surface area (Å²) in [6, 6.07) is 26.1. The van der Waals surface area contributed by atoms with Crippen molar-refractivity contribution in [1.29, 1.82) is 0 Å². The van der Waals surface area contributed by atoms with Gasteiger partial charge in [-0.3, -0.25) is 9.69 Å². The molecule has 3 heterocycles. The lowest BCUT2D eigenvalue weighted by atomic mass is 9.84. The molecule has 0 saturated carbocycles. The van der Waals surface area contributed by atoms with Crippen LogP contribution in [0, 0.1) is 13.8 Å². The maximum Gasteiger partial charge on any atom is 0.490 e. The van der Waals surface area contributed by atoms with Gasteiger partial charge in [0.15, 0.2) is 0 Å². The standard InChI is InChI=1S/C35H42N4O.2C2HF3O2/c1-26-10-9-11-27(2)34(26)28-16-18-37(19-17-28)24-31-30-14-7-8-15-32(30)39(35(31)29-12-5-4-6-13-29)25-33(40)38-22-20-36(3)21-23-38;2*3-2(4,5)1(6)7/h4-15,28H,16-25H2,1-3H3;2*(H,6,7). The van der Waals surface area contributed by atoms with Crippen molar-refractivity contribution < 1.29 is 50.9 Å². The number of nitrogens with zero attached hydrogens (tertiary/aromatic N) is 4. The van der Waals surface area contributed by atoms with Gasteiger partial charge in [-0.2, -0.15) is 26.3 Å². The van der Waals surface area contributed by atoms with Crippen LogP contribution in [-0.2, 0) is 27.5 Å². The van der Waals surface area contributed by atoms with Gasteiger partial charge in [0.2, 0.25) is 5.91 Å². The lowest BCUT2D eigenvalue weighted by molar-refractivity contribution is -0.193. The van der Waals surface area contributed by atoms with Crippen molar-refractivity contribution in [3.63, 3.8) is 0 Å². The number of piperidine rings is 1. The zero-order chi connectivity index (χ0) is 39.8. The third kappa shape index (κ3) is 10.8. The number of carboxylic acids is 2. The molecular formula is C39H44F6N4O5. The minimum Gasteiger partial charge on any atom is -0.475 e. The number of alkyl halides is 6. The Morgan fingerprint density at radius 1 is 0.704 bits per heavy atom. The highest BCUT2D eigenvalue weighted by Crippen LogP contribution is 2.37. The molecule has 0 spiro atoms. The first-order valence-corrected chi connectivity index (χ1v) is 17.4. The number of carbonyl (C=O) groups excluding carboxylic acids is 1. The van der Waals surface area contributed by atoms with Gasteiger partial charge in [0.25, 0.3) is 0 Å². The maximum atomic E-state index is 13.6. The first kappa shape index (κ1) is 41.9. The summed E-state index contributed by atoms with van der Waals surface area (Å²) in [5, 5.41) is 15.5. The number of benzene rings is 3. The second-order valence-electron chi connectivity index (χ2n) is 13.4. The van der Waals surface area contributed by atoms with Gasteiger partial charge in [0.05, 0.1) is 5.69 Å². The summed E-state index contributed by atoms with van der Waals surface area (Å²) in [5.74, 6) is -4.67. The van der Waals surface area contributed by atoms with Crippen molar-refractivity contribution in [1.82, 2.24) is 19.3 Å². The van der Waals surface area contributed by atoms with E-state index >= 15 is 0 Å². The number of hydrogen-bond acceptors (Lipinski definition) is 5. The summed E-state index contributed by atoms with van der Waals surface area (Å²) in [5.41, 5.74) is 9.30. The Morgan fingerprint density at radius 2 is 1.20 bits per heavy atom. The molecule has 0 aliphatic carbocycles. The van der Waals surface area contributed by atoms with E-state index in [0.29, 0.717) is 12.5 Å². The molecule has 2 aliphatic heterocycles. The average molecular weight is 763 g/mol. The largest absolute Gasteiger partial charge is 0.490 e. The topological polar surface area (TPSA) is 106 Å². The molecular weight excluding hydrogens is 718 g/mol. The Bertz CT molecular complexity index is 1850. The smallest absolute Gasteiger partial charge is 0.475 e. The van der Waals surface area contributed by atoms with E-state index in [9.17, 15) is 31.1 Å². The normalized spacial score (nSPS) is 15.9. The number of amides is 1. The molecule has 15 heteroatoms. The fourth-order valence-electron chi connectivity index (χ4n) is 6.99. The van der Waals surface area contributed by atoms with Gasteiger partial charge >= 0.3 is 24.3 Å². The van der Waals surface area contributed by atoms with E-state index in [1.165, 1.54) is 46.2 Å². The molecule has 0 radical (unpaired) electrons. The number of aryl methyl sites for hydroxylation is 2. The van der Waals surface area contributed by atoms with Crippen LogP contribution in [0.2, 0.25) is 0 Å². The van der Waals surface area contributed by atoms with E-state index in [-0.39, 0.29) is 5.91 Å². The molecule has 2 N–H and O–H groups in total. The number of rotatable bonds is 6. The molecule has 2 fully saturated rings. The zero-order valence-electron chi connectivity index (χ0n) is 30.3. The lowest BCUT2D eigenvalue weighted by Gasteiger charge is -2.34. The highest BCUT2D eigenvalue weighted by Gasteiger charge is 2.39. The fourth-order valence-corrected chi connectivity index (χ4v) is 6.99. The summed E-state index contributed by atoms with van der Waals surface area (Å²) in [4.78, 5) is 38.4. The molecule has 1 amide bonds. The molecule has 6 rings (SSSR count). The molecule has 9 nitrogen and oxygen atoms in total. The van der Waals surface area contributed by atoms with Gasteiger partial charge < -0.3 is 24.6 Å². The number of likely N-dealkylation sites (tertiary alicyclic amines) is 1. The van der Waals surface area contributed by atoms with Crippen LogP contribution in [0.3, 0.4) is 0 Å². The maximum absolute atomic E-state index is 13.6. The van der Waals surface area contributed by atoms with E-state index in [1.807, 2.05) is 4.90 Å². The van der Waals surface area contributed by atoms with E-state index < -0.39 is 24.3 Å². The van der Waals surface area contributed by atoms with E-state index in [0.717, 1.165) is 51.3 Å². The highest BCUT2D eigenvalue weighted by atomic mass is 19.4. The van der Waals surface area contributed by atoms with Crippen LogP contribution in [0.1, 0.15) is 41.0 Å². The third-order valence-corrected chi connectivity index (χ3v) is 9.68. The van der Waals surface area contributed by atoms with Crippen LogP contribution in [-0.4, -0.2) is 106 Å². The number of para-hydroxylation sites is 1. The van der Waals surface area contributed by atoms with Crippen molar-refractivity contribution in [2.45, 2.75) is 58.0 Å². The number of carbonyl (C=O) groups is 3. The van der Waals surface area contributed by atoms with Gasteiger partial charge in [0, 0.05) is 43.6 Å². The lowest BCUT2D eigenvalue weighted by Crippen LogP contribution is -2.48. The summed E-state index contributed by atoms with van der Waals surface area (Å²) in [7, 11) is 2.13. The van der Waals surface area contributed by atoms with E-state index in [1.54, 1.807) is 5.56 Å². The van der Waals surface area contributed by atoms with Crippen molar-refractivity contribution in [3.8, 4) is 11.3 Å². The molecule has 0 unspecified atom stereocenters. The van der Waals surface area contributed by atoms with Crippen LogP contribution in [0.25, 0.3) is 22.2 Å². The fraction of sp³-hybridized carbons (Fsp3) is 0.410. The average Bonchev–Trinajstić information content (AvgIpc) is 3.41. The van der Waals surface area contributed by atoms with Gasteiger partial charge in [0.1, 0.15) is 6.54 Å². The Balaban J connectivity index is 0.000000396. The van der Waals surface area contributed by atoms with Gasteiger partial charge in [-0.25, -0.2) is 9.59 Å². The Labute approximate surface area is 309 Å². The Kier molecular flexibility index (Phi) is 13.9. The van der Waals surface area contributed by atoms with E-state index in [2.05, 4.69) is 108 Å². The first-order valence-electron chi connectivity index (χ1n) is 17.4.